The third-order valence-corrected chi connectivity index (χ3v) is 4.00. The highest BCUT2D eigenvalue weighted by Crippen LogP contribution is 2.23. The van der Waals surface area contributed by atoms with Crippen molar-refractivity contribution in [2.24, 2.45) is 7.05 Å². The summed E-state index contributed by atoms with van der Waals surface area (Å²) in [7, 11) is 2.03. The molecule has 3 nitrogen and oxygen atoms in total. The second-order valence-corrected chi connectivity index (χ2v) is 7.04. The number of imidazole rings is 1. The highest BCUT2D eigenvalue weighted by Gasteiger charge is 2.08. The summed E-state index contributed by atoms with van der Waals surface area (Å²) in [5, 5.41) is 3.52. The van der Waals surface area contributed by atoms with E-state index >= 15 is 0 Å². The molecule has 1 heterocycles. The molecule has 0 saturated heterocycles. The van der Waals surface area contributed by atoms with E-state index in [1.165, 1.54) is 10.5 Å². The van der Waals surface area contributed by atoms with Crippen LogP contribution in [0, 0.1) is 0 Å². The van der Waals surface area contributed by atoms with Gasteiger partial charge in [-0.05, 0) is 38.5 Å². The Hall–Kier alpha value is -1.26. The van der Waals surface area contributed by atoms with E-state index in [1.807, 2.05) is 31.2 Å². The number of rotatable bonds is 5. The van der Waals surface area contributed by atoms with Gasteiger partial charge in [0.25, 0.3) is 0 Å². The van der Waals surface area contributed by atoms with Gasteiger partial charge in [-0.15, -0.1) is 11.8 Å². The smallest absolute Gasteiger partial charge is 0.118 e. The van der Waals surface area contributed by atoms with Crippen LogP contribution in [0.3, 0.4) is 0 Å². The van der Waals surface area contributed by atoms with Crippen LogP contribution in [0.4, 0.5) is 0 Å². The Morgan fingerprint density at radius 2 is 2.10 bits per heavy atom. The van der Waals surface area contributed by atoms with Crippen molar-refractivity contribution >= 4 is 11.8 Å². The molecule has 1 aromatic heterocycles. The predicted octanol–water partition coefficient (Wildman–Crippen LogP) is 3.60. The fraction of sp³-hybridized carbons (Fsp3) is 0.438. The molecule has 0 spiro atoms. The zero-order chi connectivity index (χ0) is 14.6. The van der Waals surface area contributed by atoms with Crippen molar-refractivity contribution in [3.05, 3.63) is 48.0 Å². The second-order valence-electron chi connectivity index (χ2n) is 5.99. The number of nitrogens with zero attached hydrogens (tertiary/aromatic N) is 2. The van der Waals surface area contributed by atoms with Crippen molar-refractivity contribution in [3.8, 4) is 0 Å². The Morgan fingerprint density at radius 3 is 2.75 bits per heavy atom. The van der Waals surface area contributed by atoms with Crippen molar-refractivity contribution in [2.45, 2.75) is 43.5 Å². The van der Waals surface area contributed by atoms with E-state index in [-0.39, 0.29) is 5.54 Å². The first-order valence-electron chi connectivity index (χ1n) is 6.87. The number of aromatic nitrogens is 2. The summed E-state index contributed by atoms with van der Waals surface area (Å²) in [6, 6.07) is 8.71. The third kappa shape index (κ3) is 4.69. The maximum absolute atomic E-state index is 4.35. The lowest BCUT2D eigenvalue weighted by molar-refractivity contribution is 0.424. The predicted molar refractivity (Wildman–Crippen MR) is 85.8 cm³/mol. The van der Waals surface area contributed by atoms with Crippen molar-refractivity contribution in [3.63, 3.8) is 0 Å². The molecule has 0 aliphatic heterocycles. The molecule has 0 unspecified atom stereocenters. The van der Waals surface area contributed by atoms with Crippen LogP contribution in [0.2, 0.25) is 0 Å². The fourth-order valence-electron chi connectivity index (χ4n) is 1.80. The average molecular weight is 289 g/mol. The molecule has 1 N–H and O–H groups in total. The van der Waals surface area contributed by atoms with Gasteiger partial charge < -0.3 is 9.88 Å². The Kier molecular flexibility index (Phi) is 4.89. The van der Waals surface area contributed by atoms with E-state index in [0.717, 1.165) is 18.1 Å². The van der Waals surface area contributed by atoms with Crippen molar-refractivity contribution < 1.29 is 0 Å². The molecule has 0 aliphatic carbocycles. The van der Waals surface area contributed by atoms with E-state index in [4.69, 9.17) is 0 Å². The standard InChI is InChI=1S/C16H23N3S/c1-16(2,3)18-11-13-6-5-7-14(10-13)20-12-15-17-8-9-19(15)4/h5-10,18H,11-12H2,1-4H3. The van der Waals surface area contributed by atoms with Crippen LogP contribution in [0.1, 0.15) is 32.2 Å². The number of hydrogen-bond donors (Lipinski definition) is 1. The summed E-state index contributed by atoms with van der Waals surface area (Å²) in [6.07, 6.45) is 3.83. The van der Waals surface area contributed by atoms with Crippen molar-refractivity contribution in [2.75, 3.05) is 0 Å². The minimum absolute atomic E-state index is 0.149. The fourth-order valence-corrected chi connectivity index (χ4v) is 2.78. The molecule has 20 heavy (non-hydrogen) atoms. The average Bonchev–Trinajstić information content (AvgIpc) is 2.79. The lowest BCUT2D eigenvalue weighted by Crippen LogP contribution is -2.35. The first-order valence-corrected chi connectivity index (χ1v) is 7.85. The lowest BCUT2D eigenvalue weighted by atomic mass is 10.1. The van der Waals surface area contributed by atoms with Gasteiger partial charge in [0.15, 0.2) is 0 Å². The van der Waals surface area contributed by atoms with E-state index in [0.29, 0.717) is 0 Å². The highest BCUT2D eigenvalue weighted by atomic mass is 32.2. The summed E-state index contributed by atoms with van der Waals surface area (Å²) in [5.74, 6) is 2.01. The van der Waals surface area contributed by atoms with Crippen LogP contribution >= 0.6 is 11.8 Å². The van der Waals surface area contributed by atoms with E-state index in [2.05, 4.69) is 59.9 Å². The summed E-state index contributed by atoms with van der Waals surface area (Å²) >= 11 is 1.83. The van der Waals surface area contributed by atoms with Crippen LogP contribution in [0.5, 0.6) is 0 Å². The summed E-state index contributed by atoms with van der Waals surface area (Å²) in [6.45, 7) is 7.46. The SMILES string of the molecule is Cn1ccnc1CSc1cccc(CNC(C)(C)C)c1. The monoisotopic (exact) mass is 289 g/mol. The molecule has 4 heteroatoms. The van der Waals surface area contributed by atoms with Gasteiger partial charge in [-0.25, -0.2) is 4.98 Å². The van der Waals surface area contributed by atoms with Crippen LogP contribution in [0.15, 0.2) is 41.6 Å². The summed E-state index contributed by atoms with van der Waals surface area (Å²) in [4.78, 5) is 5.64. The van der Waals surface area contributed by atoms with Gasteiger partial charge in [0.05, 0.1) is 5.75 Å². The zero-order valence-electron chi connectivity index (χ0n) is 12.7. The van der Waals surface area contributed by atoms with Gasteiger partial charge in [-0.3, -0.25) is 0 Å². The van der Waals surface area contributed by atoms with Gasteiger partial charge >= 0.3 is 0 Å². The molecule has 0 fully saturated rings. The minimum Gasteiger partial charge on any atom is -0.337 e. The largest absolute Gasteiger partial charge is 0.337 e. The van der Waals surface area contributed by atoms with Crippen LogP contribution < -0.4 is 5.32 Å². The van der Waals surface area contributed by atoms with Gasteiger partial charge in [0.1, 0.15) is 5.82 Å². The molecule has 0 amide bonds. The Morgan fingerprint density at radius 1 is 1.30 bits per heavy atom. The lowest BCUT2D eigenvalue weighted by Gasteiger charge is -2.20. The number of hydrogen-bond acceptors (Lipinski definition) is 3. The minimum atomic E-state index is 0.149. The molecule has 0 bridgehead atoms. The molecule has 1 aromatic carbocycles. The Balaban J connectivity index is 1.94. The molecule has 0 aliphatic rings. The third-order valence-electron chi connectivity index (χ3n) is 3.01. The molecule has 0 atom stereocenters. The number of thioether (sulfide) groups is 1. The van der Waals surface area contributed by atoms with Gasteiger partial charge in [0.2, 0.25) is 0 Å². The molecule has 2 rings (SSSR count). The maximum atomic E-state index is 4.35. The van der Waals surface area contributed by atoms with Gasteiger partial charge in [0, 0.05) is 36.4 Å². The van der Waals surface area contributed by atoms with Crippen LogP contribution in [-0.4, -0.2) is 15.1 Å². The van der Waals surface area contributed by atoms with Gasteiger partial charge in [-0.2, -0.15) is 0 Å². The molecule has 0 radical (unpaired) electrons. The van der Waals surface area contributed by atoms with E-state index in [9.17, 15) is 0 Å². The highest BCUT2D eigenvalue weighted by molar-refractivity contribution is 7.98. The number of nitrogens with one attached hydrogen (secondary N) is 1. The van der Waals surface area contributed by atoms with Crippen molar-refractivity contribution in [1.82, 2.24) is 14.9 Å². The van der Waals surface area contributed by atoms with E-state index < -0.39 is 0 Å². The molecule has 2 aromatic rings. The van der Waals surface area contributed by atoms with Crippen molar-refractivity contribution in [1.29, 1.82) is 0 Å². The number of benzene rings is 1. The topological polar surface area (TPSA) is 29.9 Å². The van der Waals surface area contributed by atoms with Crippen LogP contribution in [-0.2, 0) is 19.3 Å². The summed E-state index contributed by atoms with van der Waals surface area (Å²) < 4.78 is 2.07. The Bertz CT molecular complexity index is 555. The Labute approximate surface area is 125 Å². The quantitative estimate of drug-likeness (QED) is 0.853. The molecule has 108 valence electrons. The molecular formula is C16H23N3S. The first-order chi connectivity index (χ1) is 9.44. The van der Waals surface area contributed by atoms with E-state index in [1.54, 1.807) is 0 Å². The molecular weight excluding hydrogens is 266 g/mol. The second kappa shape index (κ2) is 6.46. The zero-order valence-corrected chi connectivity index (χ0v) is 13.5. The van der Waals surface area contributed by atoms with Gasteiger partial charge in [-0.1, -0.05) is 12.1 Å². The summed E-state index contributed by atoms with van der Waals surface area (Å²) in [5.41, 5.74) is 1.47. The van der Waals surface area contributed by atoms with Crippen LogP contribution in [0.25, 0.3) is 0 Å². The first kappa shape index (κ1) is 15.1. The number of aryl methyl sites for hydroxylation is 1. The molecule has 0 saturated carbocycles. The maximum Gasteiger partial charge on any atom is 0.118 e. The normalized spacial score (nSPS) is 11.8.